The van der Waals surface area contributed by atoms with Gasteiger partial charge in [-0.2, -0.15) is 5.26 Å². The molecule has 4 rings (SSSR count). The SMILES string of the molecule is COc1ccc([C@H]2C(C#N)=C(N=CN3CCOCC3)Oc3cc(O)ccc32)cc1. The number of benzene rings is 2. The van der Waals surface area contributed by atoms with E-state index in [9.17, 15) is 10.4 Å². The zero-order chi connectivity index (χ0) is 20.2. The van der Waals surface area contributed by atoms with Crippen LogP contribution in [0.4, 0.5) is 0 Å². The number of rotatable bonds is 4. The standard InChI is InChI=1S/C22H21N3O4/c1-27-17-5-2-15(3-6-17)21-18-7-4-16(26)12-20(18)29-22(19(21)13-23)24-14-25-8-10-28-11-9-25/h2-7,12,14,21,26H,8-11H2,1H3/t21-/m1/s1. The maximum atomic E-state index is 9.94. The molecule has 0 bridgehead atoms. The van der Waals surface area contributed by atoms with Crippen LogP contribution >= 0.6 is 0 Å². The van der Waals surface area contributed by atoms with Gasteiger partial charge >= 0.3 is 0 Å². The van der Waals surface area contributed by atoms with Crippen molar-refractivity contribution < 1.29 is 19.3 Å². The third-order valence-corrected chi connectivity index (χ3v) is 4.99. The summed E-state index contributed by atoms with van der Waals surface area (Å²) in [7, 11) is 1.61. The normalized spacial score (nSPS) is 18.9. The van der Waals surface area contributed by atoms with Crippen molar-refractivity contribution in [3.8, 4) is 23.3 Å². The summed E-state index contributed by atoms with van der Waals surface area (Å²) in [5.41, 5.74) is 2.13. The third-order valence-electron chi connectivity index (χ3n) is 4.99. The van der Waals surface area contributed by atoms with Gasteiger partial charge in [0.25, 0.3) is 0 Å². The molecule has 0 radical (unpaired) electrons. The summed E-state index contributed by atoms with van der Waals surface area (Å²) in [5, 5.41) is 19.9. The summed E-state index contributed by atoms with van der Waals surface area (Å²) in [6.45, 7) is 2.75. The van der Waals surface area contributed by atoms with E-state index < -0.39 is 0 Å². The highest BCUT2D eigenvalue weighted by Crippen LogP contribution is 2.44. The second-order valence-electron chi connectivity index (χ2n) is 6.75. The molecule has 1 atom stereocenters. The van der Waals surface area contributed by atoms with E-state index in [1.807, 2.05) is 29.2 Å². The van der Waals surface area contributed by atoms with Gasteiger partial charge in [0.15, 0.2) is 0 Å². The summed E-state index contributed by atoms with van der Waals surface area (Å²) in [6.07, 6.45) is 1.69. The summed E-state index contributed by atoms with van der Waals surface area (Å²) >= 11 is 0. The molecular weight excluding hydrogens is 370 g/mol. The fraction of sp³-hybridized carbons (Fsp3) is 0.273. The molecule has 0 aromatic heterocycles. The van der Waals surface area contributed by atoms with E-state index in [2.05, 4.69) is 11.1 Å². The van der Waals surface area contributed by atoms with E-state index in [0.29, 0.717) is 24.5 Å². The number of nitriles is 1. The number of ether oxygens (including phenoxy) is 3. The minimum absolute atomic E-state index is 0.0918. The molecule has 148 valence electrons. The molecule has 0 saturated carbocycles. The first-order chi connectivity index (χ1) is 14.2. The lowest BCUT2D eigenvalue weighted by Crippen LogP contribution is -2.35. The fourth-order valence-corrected chi connectivity index (χ4v) is 3.47. The van der Waals surface area contributed by atoms with Crippen LogP contribution in [0.25, 0.3) is 0 Å². The van der Waals surface area contributed by atoms with Gasteiger partial charge in [0.1, 0.15) is 28.9 Å². The van der Waals surface area contributed by atoms with Crippen molar-refractivity contribution in [2.24, 2.45) is 4.99 Å². The monoisotopic (exact) mass is 391 g/mol. The molecule has 1 fully saturated rings. The molecule has 0 amide bonds. The smallest absolute Gasteiger partial charge is 0.235 e. The van der Waals surface area contributed by atoms with E-state index in [1.165, 1.54) is 0 Å². The Kier molecular flexibility index (Phi) is 5.36. The lowest BCUT2D eigenvalue weighted by atomic mass is 9.83. The average molecular weight is 391 g/mol. The first-order valence-electron chi connectivity index (χ1n) is 9.34. The number of morpholine rings is 1. The van der Waals surface area contributed by atoms with Crippen LogP contribution in [-0.4, -0.2) is 49.8 Å². The van der Waals surface area contributed by atoms with Crippen LogP contribution in [0.2, 0.25) is 0 Å². The number of hydrogen-bond acceptors (Lipinski definition) is 6. The highest BCUT2D eigenvalue weighted by atomic mass is 16.5. The second kappa shape index (κ2) is 8.25. The number of aliphatic imine (C=N–C) groups is 1. The number of nitrogens with zero attached hydrogens (tertiary/aromatic N) is 3. The van der Waals surface area contributed by atoms with Crippen molar-refractivity contribution in [2.45, 2.75) is 5.92 Å². The molecule has 2 aromatic rings. The van der Waals surface area contributed by atoms with E-state index >= 15 is 0 Å². The number of fused-ring (bicyclic) bond motifs is 1. The van der Waals surface area contributed by atoms with Gasteiger partial charge in [-0.3, -0.25) is 0 Å². The zero-order valence-corrected chi connectivity index (χ0v) is 16.0. The molecule has 0 spiro atoms. The van der Waals surface area contributed by atoms with Gasteiger partial charge < -0.3 is 24.2 Å². The molecule has 2 aliphatic heterocycles. The number of aromatic hydroxyl groups is 1. The number of hydrogen-bond donors (Lipinski definition) is 1. The topological polar surface area (TPSA) is 87.3 Å². The molecule has 2 aliphatic rings. The highest BCUT2D eigenvalue weighted by Gasteiger charge is 2.32. The first-order valence-corrected chi connectivity index (χ1v) is 9.34. The predicted octanol–water partition coefficient (Wildman–Crippen LogP) is 3.02. The molecule has 7 nitrogen and oxygen atoms in total. The van der Waals surface area contributed by atoms with Gasteiger partial charge in [0.2, 0.25) is 5.88 Å². The summed E-state index contributed by atoms with van der Waals surface area (Å²) in [5.74, 6) is 1.19. The Morgan fingerprint density at radius 2 is 1.97 bits per heavy atom. The molecule has 29 heavy (non-hydrogen) atoms. The Morgan fingerprint density at radius 3 is 2.66 bits per heavy atom. The van der Waals surface area contributed by atoms with Crippen LogP contribution in [0.15, 0.2) is 58.9 Å². The van der Waals surface area contributed by atoms with Crippen molar-refractivity contribution in [1.29, 1.82) is 5.26 Å². The fourth-order valence-electron chi connectivity index (χ4n) is 3.47. The largest absolute Gasteiger partial charge is 0.508 e. The lowest BCUT2D eigenvalue weighted by Gasteiger charge is -2.27. The van der Waals surface area contributed by atoms with Gasteiger partial charge in [-0.25, -0.2) is 4.99 Å². The summed E-state index contributed by atoms with van der Waals surface area (Å²) in [4.78, 5) is 6.49. The van der Waals surface area contributed by atoms with Crippen molar-refractivity contribution in [1.82, 2.24) is 4.90 Å². The Bertz CT molecular complexity index is 986. The Balaban J connectivity index is 1.77. The minimum Gasteiger partial charge on any atom is -0.508 e. The third kappa shape index (κ3) is 3.89. The van der Waals surface area contributed by atoms with Crippen molar-refractivity contribution in [2.75, 3.05) is 33.4 Å². The Hall–Kier alpha value is -3.50. The van der Waals surface area contributed by atoms with E-state index in [0.717, 1.165) is 30.0 Å². The molecule has 2 heterocycles. The van der Waals surface area contributed by atoms with Crippen LogP contribution in [0.1, 0.15) is 17.0 Å². The Labute approximate surface area is 169 Å². The number of allylic oxidation sites excluding steroid dienone is 1. The van der Waals surface area contributed by atoms with E-state index in [-0.39, 0.29) is 17.6 Å². The van der Waals surface area contributed by atoms with Gasteiger partial charge in [-0.05, 0) is 23.8 Å². The van der Waals surface area contributed by atoms with Crippen LogP contribution in [0.5, 0.6) is 17.2 Å². The number of methoxy groups -OCH3 is 1. The maximum Gasteiger partial charge on any atom is 0.235 e. The molecule has 2 aromatic carbocycles. The van der Waals surface area contributed by atoms with Crippen molar-refractivity contribution >= 4 is 6.34 Å². The van der Waals surface area contributed by atoms with Gasteiger partial charge in [-0.1, -0.05) is 18.2 Å². The molecule has 1 N–H and O–H groups in total. The van der Waals surface area contributed by atoms with E-state index in [4.69, 9.17) is 14.2 Å². The van der Waals surface area contributed by atoms with E-state index in [1.54, 1.807) is 31.6 Å². The van der Waals surface area contributed by atoms with Gasteiger partial charge in [0.05, 0.1) is 32.6 Å². The number of phenols is 1. The second-order valence-corrected chi connectivity index (χ2v) is 6.75. The van der Waals surface area contributed by atoms with Gasteiger partial charge in [-0.15, -0.1) is 0 Å². The summed E-state index contributed by atoms with van der Waals surface area (Å²) < 4.78 is 16.5. The van der Waals surface area contributed by atoms with Crippen LogP contribution < -0.4 is 9.47 Å². The maximum absolute atomic E-state index is 9.94. The average Bonchev–Trinajstić information content (AvgIpc) is 2.77. The lowest BCUT2D eigenvalue weighted by molar-refractivity contribution is 0.0699. The zero-order valence-electron chi connectivity index (χ0n) is 16.0. The summed E-state index contributed by atoms with van der Waals surface area (Å²) in [6, 6.07) is 14.8. The Morgan fingerprint density at radius 1 is 1.21 bits per heavy atom. The predicted molar refractivity (Wildman–Crippen MR) is 107 cm³/mol. The molecule has 0 aliphatic carbocycles. The van der Waals surface area contributed by atoms with Crippen LogP contribution in [0.3, 0.4) is 0 Å². The highest BCUT2D eigenvalue weighted by molar-refractivity contribution is 5.61. The quantitative estimate of drug-likeness (QED) is 0.637. The van der Waals surface area contributed by atoms with Gasteiger partial charge in [0, 0.05) is 24.7 Å². The van der Waals surface area contributed by atoms with Crippen molar-refractivity contribution in [3.63, 3.8) is 0 Å². The minimum atomic E-state index is -0.355. The van der Waals surface area contributed by atoms with Crippen molar-refractivity contribution in [3.05, 3.63) is 65.0 Å². The number of phenolic OH excluding ortho intramolecular Hbond substituents is 1. The molecule has 0 unspecified atom stereocenters. The molecule has 7 heteroatoms. The first kappa shape index (κ1) is 18.8. The van der Waals surface area contributed by atoms with Crippen LogP contribution in [-0.2, 0) is 4.74 Å². The molecular formula is C22H21N3O4. The van der Waals surface area contributed by atoms with Crippen LogP contribution in [0, 0.1) is 11.3 Å². The molecule has 1 saturated heterocycles.